The summed E-state index contributed by atoms with van der Waals surface area (Å²) in [6.45, 7) is 2.08. The van der Waals surface area contributed by atoms with Crippen molar-refractivity contribution in [2.24, 2.45) is 0 Å². The molecule has 1 N–H and O–H groups in total. The molecule has 0 aromatic carbocycles. The molecule has 3 heteroatoms. The quantitative estimate of drug-likeness (QED) is 0.770. The Kier molecular flexibility index (Phi) is 2.36. The van der Waals surface area contributed by atoms with Gasteiger partial charge in [0.15, 0.2) is 0 Å². The molecular formula is C10H16N2O. The minimum absolute atomic E-state index is 0.326. The van der Waals surface area contributed by atoms with Crippen molar-refractivity contribution in [3.8, 4) is 0 Å². The Morgan fingerprint density at radius 2 is 2.46 bits per heavy atom. The van der Waals surface area contributed by atoms with E-state index < -0.39 is 0 Å². The molecule has 1 aromatic rings. The Labute approximate surface area is 78.4 Å². The van der Waals surface area contributed by atoms with Gasteiger partial charge in [0.05, 0.1) is 24.3 Å². The number of aliphatic hydroxyl groups excluding tert-OH is 1. The zero-order valence-electron chi connectivity index (χ0n) is 7.98. The molecular weight excluding hydrogens is 164 g/mol. The lowest BCUT2D eigenvalue weighted by atomic mass is 10.1. The van der Waals surface area contributed by atoms with E-state index in [4.69, 9.17) is 0 Å². The van der Waals surface area contributed by atoms with Crippen molar-refractivity contribution in [3.05, 3.63) is 18.2 Å². The number of nitrogens with zero attached hydrogens (tertiary/aromatic N) is 2. The van der Waals surface area contributed by atoms with Gasteiger partial charge in [-0.15, -0.1) is 0 Å². The van der Waals surface area contributed by atoms with Crippen LogP contribution in [0.25, 0.3) is 0 Å². The first kappa shape index (κ1) is 8.75. The molecule has 0 aliphatic heterocycles. The SMILES string of the molecule is CCCC(O)c1cncn1C1CC1. The summed E-state index contributed by atoms with van der Waals surface area (Å²) in [4.78, 5) is 4.09. The molecule has 0 amide bonds. The maximum Gasteiger partial charge on any atom is 0.0955 e. The zero-order valence-corrected chi connectivity index (χ0v) is 7.98. The van der Waals surface area contributed by atoms with Crippen molar-refractivity contribution in [1.82, 2.24) is 9.55 Å². The van der Waals surface area contributed by atoms with E-state index >= 15 is 0 Å². The van der Waals surface area contributed by atoms with Gasteiger partial charge in [0.2, 0.25) is 0 Å². The fourth-order valence-corrected chi connectivity index (χ4v) is 1.65. The minimum atomic E-state index is -0.326. The molecule has 13 heavy (non-hydrogen) atoms. The van der Waals surface area contributed by atoms with E-state index in [-0.39, 0.29) is 6.10 Å². The second-order valence-electron chi connectivity index (χ2n) is 3.76. The number of aliphatic hydroxyl groups is 1. The fourth-order valence-electron chi connectivity index (χ4n) is 1.65. The summed E-state index contributed by atoms with van der Waals surface area (Å²) in [5.41, 5.74) is 0.990. The van der Waals surface area contributed by atoms with Crippen LogP contribution in [0.15, 0.2) is 12.5 Å². The van der Waals surface area contributed by atoms with Gasteiger partial charge >= 0.3 is 0 Å². The molecule has 1 aliphatic rings. The molecule has 1 unspecified atom stereocenters. The lowest BCUT2D eigenvalue weighted by Gasteiger charge is -2.11. The Morgan fingerprint density at radius 3 is 3.08 bits per heavy atom. The van der Waals surface area contributed by atoms with Crippen molar-refractivity contribution in [2.75, 3.05) is 0 Å². The molecule has 1 fully saturated rings. The van der Waals surface area contributed by atoms with Crippen molar-refractivity contribution in [2.45, 2.75) is 44.8 Å². The molecule has 1 heterocycles. The summed E-state index contributed by atoms with van der Waals surface area (Å²) >= 11 is 0. The molecule has 1 saturated carbocycles. The van der Waals surface area contributed by atoms with Crippen LogP contribution >= 0.6 is 0 Å². The van der Waals surface area contributed by atoms with E-state index in [0.29, 0.717) is 6.04 Å². The van der Waals surface area contributed by atoms with Gasteiger partial charge in [-0.2, -0.15) is 0 Å². The highest BCUT2D eigenvalue weighted by atomic mass is 16.3. The first-order valence-corrected chi connectivity index (χ1v) is 5.02. The van der Waals surface area contributed by atoms with Crippen LogP contribution in [0.3, 0.4) is 0 Å². The third-order valence-corrected chi connectivity index (χ3v) is 2.54. The monoisotopic (exact) mass is 180 g/mol. The van der Waals surface area contributed by atoms with Crippen LogP contribution in [-0.2, 0) is 0 Å². The maximum absolute atomic E-state index is 9.81. The molecule has 1 atom stereocenters. The number of hydrogen-bond donors (Lipinski definition) is 1. The maximum atomic E-state index is 9.81. The van der Waals surface area contributed by atoms with E-state index in [2.05, 4.69) is 16.5 Å². The summed E-state index contributed by atoms with van der Waals surface area (Å²) < 4.78 is 2.13. The predicted octanol–water partition coefficient (Wildman–Crippen LogP) is 2.05. The Bertz CT molecular complexity index is 278. The molecule has 0 radical (unpaired) electrons. The van der Waals surface area contributed by atoms with Crippen LogP contribution in [0.2, 0.25) is 0 Å². The van der Waals surface area contributed by atoms with Crippen LogP contribution in [0.5, 0.6) is 0 Å². The third kappa shape index (κ3) is 1.75. The van der Waals surface area contributed by atoms with Crippen molar-refractivity contribution < 1.29 is 5.11 Å². The van der Waals surface area contributed by atoms with E-state index in [1.807, 2.05) is 6.33 Å². The van der Waals surface area contributed by atoms with Crippen molar-refractivity contribution in [1.29, 1.82) is 0 Å². The lowest BCUT2D eigenvalue weighted by molar-refractivity contribution is 0.157. The highest BCUT2D eigenvalue weighted by Crippen LogP contribution is 2.37. The van der Waals surface area contributed by atoms with Gasteiger partial charge in [0.1, 0.15) is 0 Å². The average molecular weight is 180 g/mol. The molecule has 72 valence electrons. The molecule has 3 nitrogen and oxygen atoms in total. The Morgan fingerprint density at radius 1 is 1.69 bits per heavy atom. The highest BCUT2D eigenvalue weighted by molar-refractivity contribution is 5.06. The van der Waals surface area contributed by atoms with Gasteiger partial charge < -0.3 is 9.67 Å². The van der Waals surface area contributed by atoms with Gasteiger partial charge in [0.25, 0.3) is 0 Å². The zero-order chi connectivity index (χ0) is 9.26. The minimum Gasteiger partial charge on any atom is -0.387 e. The molecule has 2 rings (SSSR count). The van der Waals surface area contributed by atoms with Crippen LogP contribution in [-0.4, -0.2) is 14.7 Å². The number of rotatable bonds is 4. The molecule has 0 spiro atoms. The number of imidazole rings is 1. The summed E-state index contributed by atoms with van der Waals surface area (Å²) in [7, 11) is 0. The number of aromatic nitrogens is 2. The smallest absolute Gasteiger partial charge is 0.0955 e. The standard InChI is InChI=1S/C10H16N2O/c1-2-3-10(13)9-6-11-7-12(9)8-4-5-8/h6-8,10,13H,2-5H2,1H3. The van der Waals surface area contributed by atoms with Crippen LogP contribution in [0, 0.1) is 0 Å². The summed E-state index contributed by atoms with van der Waals surface area (Å²) in [6.07, 6.45) is 7.62. The first-order valence-electron chi connectivity index (χ1n) is 5.02. The van der Waals surface area contributed by atoms with E-state index in [0.717, 1.165) is 18.5 Å². The topological polar surface area (TPSA) is 38.1 Å². The van der Waals surface area contributed by atoms with Crippen molar-refractivity contribution >= 4 is 0 Å². The van der Waals surface area contributed by atoms with Crippen LogP contribution < -0.4 is 0 Å². The van der Waals surface area contributed by atoms with Gasteiger partial charge in [-0.1, -0.05) is 13.3 Å². The van der Waals surface area contributed by atoms with Gasteiger partial charge in [-0.3, -0.25) is 0 Å². The normalized spacial score (nSPS) is 18.9. The summed E-state index contributed by atoms with van der Waals surface area (Å²) in [5, 5.41) is 9.81. The second-order valence-corrected chi connectivity index (χ2v) is 3.76. The van der Waals surface area contributed by atoms with Crippen LogP contribution in [0.4, 0.5) is 0 Å². The van der Waals surface area contributed by atoms with Crippen molar-refractivity contribution in [3.63, 3.8) is 0 Å². The molecule has 1 aromatic heterocycles. The Hall–Kier alpha value is -0.830. The largest absolute Gasteiger partial charge is 0.387 e. The first-order chi connectivity index (χ1) is 6.33. The van der Waals surface area contributed by atoms with E-state index in [1.54, 1.807) is 6.20 Å². The van der Waals surface area contributed by atoms with Crippen LogP contribution in [0.1, 0.15) is 50.4 Å². The molecule has 1 aliphatic carbocycles. The fraction of sp³-hybridized carbons (Fsp3) is 0.700. The lowest BCUT2D eigenvalue weighted by Crippen LogP contribution is -2.05. The van der Waals surface area contributed by atoms with Gasteiger partial charge in [0, 0.05) is 6.04 Å². The number of hydrogen-bond acceptors (Lipinski definition) is 2. The van der Waals surface area contributed by atoms with Gasteiger partial charge in [-0.05, 0) is 19.3 Å². The predicted molar refractivity (Wildman–Crippen MR) is 50.4 cm³/mol. The van der Waals surface area contributed by atoms with E-state index in [1.165, 1.54) is 12.8 Å². The summed E-state index contributed by atoms with van der Waals surface area (Å²) in [6, 6.07) is 0.615. The average Bonchev–Trinajstić information content (AvgIpc) is 2.84. The third-order valence-electron chi connectivity index (χ3n) is 2.54. The Balaban J connectivity index is 2.13. The van der Waals surface area contributed by atoms with Gasteiger partial charge in [-0.25, -0.2) is 4.98 Å². The van der Waals surface area contributed by atoms with E-state index in [9.17, 15) is 5.11 Å². The summed E-state index contributed by atoms with van der Waals surface area (Å²) in [5.74, 6) is 0. The highest BCUT2D eigenvalue weighted by Gasteiger charge is 2.26. The molecule has 0 saturated heterocycles. The second kappa shape index (κ2) is 3.50. The molecule has 0 bridgehead atoms.